The van der Waals surface area contributed by atoms with Crippen LogP contribution in [-0.2, 0) is 21.1 Å². The summed E-state index contributed by atoms with van der Waals surface area (Å²) >= 11 is 5.95. The lowest BCUT2D eigenvalue weighted by Gasteiger charge is -2.23. The zero-order chi connectivity index (χ0) is 18.4. The highest BCUT2D eigenvalue weighted by molar-refractivity contribution is 7.90. The third-order valence-corrected chi connectivity index (χ3v) is 5.22. The summed E-state index contributed by atoms with van der Waals surface area (Å²) in [6.45, 7) is 1.17. The van der Waals surface area contributed by atoms with Gasteiger partial charge in [-0.05, 0) is 23.8 Å². The third-order valence-electron chi connectivity index (χ3n) is 3.65. The first-order chi connectivity index (χ1) is 11.8. The van der Waals surface area contributed by atoms with Gasteiger partial charge in [-0.25, -0.2) is 8.42 Å². The van der Waals surface area contributed by atoms with E-state index in [9.17, 15) is 13.2 Å². The normalized spacial score (nSPS) is 11.3. The fourth-order valence-corrected chi connectivity index (χ4v) is 3.66. The maximum atomic E-state index is 12.9. The first kappa shape index (κ1) is 19.4. The monoisotopic (exact) mass is 381 g/mol. The molecule has 0 atom stereocenters. The van der Waals surface area contributed by atoms with E-state index in [0.717, 1.165) is 11.8 Å². The molecule has 0 bridgehead atoms. The first-order valence-electron chi connectivity index (χ1n) is 7.64. The summed E-state index contributed by atoms with van der Waals surface area (Å²) in [5.41, 5.74) is 1.25. The van der Waals surface area contributed by atoms with Crippen molar-refractivity contribution in [3.63, 3.8) is 0 Å². The summed E-state index contributed by atoms with van der Waals surface area (Å²) in [4.78, 5) is 14.4. The molecule has 0 aliphatic rings. The van der Waals surface area contributed by atoms with Gasteiger partial charge in [-0.15, -0.1) is 0 Å². The lowest BCUT2D eigenvalue weighted by molar-refractivity contribution is 0.0680. The van der Waals surface area contributed by atoms with E-state index < -0.39 is 9.84 Å². The van der Waals surface area contributed by atoms with Crippen LogP contribution >= 0.6 is 11.6 Å². The number of amides is 1. The van der Waals surface area contributed by atoms with Crippen LogP contribution in [0.4, 0.5) is 0 Å². The fourth-order valence-electron chi connectivity index (χ4n) is 2.36. The molecule has 0 spiro atoms. The molecule has 25 heavy (non-hydrogen) atoms. The second-order valence-electron chi connectivity index (χ2n) is 5.62. The zero-order valence-electron chi connectivity index (χ0n) is 14.1. The van der Waals surface area contributed by atoms with Gasteiger partial charge in [0.05, 0.1) is 16.5 Å². The van der Waals surface area contributed by atoms with Gasteiger partial charge in [0.15, 0.2) is 9.84 Å². The Morgan fingerprint density at radius 3 is 2.44 bits per heavy atom. The molecular formula is C18H20ClNO4S. The molecule has 2 rings (SSSR count). The molecule has 7 heteroatoms. The summed E-state index contributed by atoms with van der Waals surface area (Å²) in [5.74, 6) is -0.275. The second-order valence-corrected chi connectivity index (χ2v) is 8.01. The number of carbonyl (C=O) groups is 1. The number of sulfone groups is 1. The maximum absolute atomic E-state index is 12.9. The molecule has 0 aliphatic heterocycles. The minimum absolute atomic E-state index is 0.0496. The lowest BCUT2D eigenvalue weighted by atomic mass is 10.1. The van der Waals surface area contributed by atoms with Crippen molar-refractivity contribution in [1.29, 1.82) is 0 Å². The summed E-state index contributed by atoms with van der Waals surface area (Å²) in [7, 11) is -1.95. The van der Waals surface area contributed by atoms with Crippen molar-refractivity contribution in [2.24, 2.45) is 0 Å². The average Bonchev–Trinajstić information content (AvgIpc) is 2.58. The van der Waals surface area contributed by atoms with Crippen molar-refractivity contribution in [2.75, 3.05) is 26.5 Å². The van der Waals surface area contributed by atoms with Crippen molar-refractivity contribution < 1.29 is 17.9 Å². The molecule has 1 amide bonds. The van der Waals surface area contributed by atoms with Crippen LogP contribution in [0.5, 0.6) is 0 Å². The molecule has 0 unspecified atom stereocenters. The average molecular weight is 382 g/mol. The summed E-state index contributed by atoms with van der Waals surface area (Å²) < 4.78 is 28.7. The van der Waals surface area contributed by atoms with Crippen LogP contribution < -0.4 is 0 Å². The molecular weight excluding hydrogens is 362 g/mol. The standard InChI is InChI=1S/C18H20ClNO4S/c1-24-11-10-20(13-14-6-4-3-5-7-14)18(21)15-8-9-16(19)17(12-15)25(2,22)23/h3-9,12H,10-11,13H2,1-2H3. The topological polar surface area (TPSA) is 63.7 Å². The molecule has 0 heterocycles. The van der Waals surface area contributed by atoms with Crippen molar-refractivity contribution in [3.8, 4) is 0 Å². The molecule has 0 aliphatic carbocycles. The van der Waals surface area contributed by atoms with Gasteiger partial charge in [-0.2, -0.15) is 0 Å². The van der Waals surface area contributed by atoms with Gasteiger partial charge in [0, 0.05) is 32.0 Å². The third kappa shape index (κ3) is 5.29. The van der Waals surface area contributed by atoms with Gasteiger partial charge in [0.25, 0.3) is 5.91 Å². The van der Waals surface area contributed by atoms with Crippen molar-refractivity contribution in [2.45, 2.75) is 11.4 Å². The van der Waals surface area contributed by atoms with Crippen LogP contribution in [0.1, 0.15) is 15.9 Å². The van der Waals surface area contributed by atoms with E-state index in [1.807, 2.05) is 30.3 Å². The largest absolute Gasteiger partial charge is 0.383 e. The number of methoxy groups -OCH3 is 1. The number of ether oxygens (including phenoxy) is 1. The quantitative estimate of drug-likeness (QED) is 0.739. The van der Waals surface area contributed by atoms with E-state index in [0.29, 0.717) is 19.7 Å². The van der Waals surface area contributed by atoms with Crippen molar-refractivity contribution in [1.82, 2.24) is 4.90 Å². The van der Waals surface area contributed by atoms with Crippen LogP contribution in [-0.4, -0.2) is 45.7 Å². The highest BCUT2D eigenvalue weighted by atomic mass is 35.5. The van der Waals surface area contributed by atoms with Gasteiger partial charge < -0.3 is 9.64 Å². The Kier molecular flexibility index (Phi) is 6.58. The van der Waals surface area contributed by atoms with Gasteiger partial charge >= 0.3 is 0 Å². The van der Waals surface area contributed by atoms with E-state index in [1.165, 1.54) is 18.2 Å². The Morgan fingerprint density at radius 1 is 1.16 bits per heavy atom. The van der Waals surface area contributed by atoms with Crippen LogP contribution in [0, 0.1) is 0 Å². The van der Waals surface area contributed by atoms with Gasteiger partial charge in [-0.1, -0.05) is 41.9 Å². The smallest absolute Gasteiger partial charge is 0.254 e. The predicted molar refractivity (Wildman–Crippen MR) is 97.6 cm³/mol. The van der Waals surface area contributed by atoms with E-state index in [4.69, 9.17) is 16.3 Å². The predicted octanol–water partition coefficient (Wildman–Crippen LogP) is 3.03. The molecule has 0 N–H and O–H groups in total. The van der Waals surface area contributed by atoms with Gasteiger partial charge in [-0.3, -0.25) is 4.79 Å². The molecule has 134 valence electrons. The van der Waals surface area contributed by atoms with Crippen molar-refractivity contribution >= 4 is 27.3 Å². The van der Waals surface area contributed by atoms with Gasteiger partial charge in [0.2, 0.25) is 0 Å². The Morgan fingerprint density at radius 2 is 1.84 bits per heavy atom. The van der Waals surface area contributed by atoms with E-state index in [-0.39, 0.29) is 21.4 Å². The second kappa shape index (κ2) is 8.47. The number of halogens is 1. The number of hydrogen-bond donors (Lipinski definition) is 0. The minimum Gasteiger partial charge on any atom is -0.383 e. The molecule has 2 aromatic carbocycles. The lowest BCUT2D eigenvalue weighted by Crippen LogP contribution is -2.33. The van der Waals surface area contributed by atoms with E-state index in [2.05, 4.69) is 0 Å². The highest BCUT2D eigenvalue weighted by Crippen LogP contribution is 2.23. The number of hydrogen-bond acceptors (Lipinski definition) is 4. The SMILES string of the molecule is COCCN(Cc1ccccc1)C(=O)c1ccc(Cl)c(S(C)(=O)=O)c1. The van der Waals surface area contributed by atoms with Crippen LogP contribution in [0.2, 0.25) is 5.02 Å². The zero-order valence-corrected chi connectivity index (χ0v) is 15.7. The Labute approximate surface area is 153 Å². The Hall–Kier alpha value is -1.89. The molecule has 0 aromatic heterocycles. The molecule has 0 saturated carbocycles. The Bertz CT molecular complexity index is 837. The molecule has 0 radical (unpaired) electrons. The molecule has 0 fully saturated rings. The number of rotatable bonds is 7. The van der Waals surface area contributed by atoms with Crippen molar-refractivity contribution in [3.05, 3.63) is 64.7 Å². The van der Waals surface area contributed by atoms with Crippen LogP contribution in [0.25, 0.3) is 0 Å². The number of benzene rings is 2. The number of nitrogens with zero attached hydrogens (tertiary/aromatic N) is 1. The summed E-state index contributed by atoms with van der Waals surface area (Å²) in [5, 5.41) is 0.102. The Balaban J connectivity index is 2.32. The van der Waals surface area contributed by atoms with Crippen LogP contribution in [0.3, 0.4) is 0 Å². The first-order valence-corrected chi connectivity index (χ1v) is 9.91. The molecule has 5 nitrogen and oxygen atoms in total. The van der Waals surface area contributed by atoms with E-state index >= 15 is 0 Å². The van der Waals surface area contributed by atoms with E-state index in [1.54, 1.807) is 12.0 Å². The maximum Gasteiger partial charge on any atom is 0.254 e. The highest BCUT2D eigenvalue weighted by Gasteiger charge is 2.20. The molecule has 0 saturated heterocycles. The van der Waals surface area contributed by atoms with Gasteiger partial charge in [0.1, 0.15) is 0 Å². The summed E-state index contributed by atoms with van der Waals surface area (Å²) in [6, 6.07) is 13.9. The van der Waals surface area contributed by atoms with Crippen LogP contribution in [0.15, 0.2) is 53.4 Å². The fraction of sp³-hybridized carbons (Fsp3) is 0.278. The minimum atomic E-state index is -3.52. The summed E-state index contributed by atoms with van der Waals surface area (Å²) in [6.07, 6.45) is 1.06. The number of carbonyl (C=O) groups excluding carboxylic acids is 1. The molecule has 2 aromatic rings.